The number of nitrogens with zero attached hydrogens (tertiary/aromatic N) is 1. The molecule has 2 rings (SSSR count). The Labute approximate surface area is 119 Å². The van der Waals surface area contributed by atoms with E-state index in [-0.39, 0.29) is 5.50 Å². The van der Waals surface area contributed by atoms with Crippen LogP contribution in [0.2, 0.25) is 0 Å². The van der Waals surface area contributed by atoms with Crippen molar-refractivity contribution in [2.75, 3.05) is 0 Å². The van der Waals surface area contributed by atoms with Gasteiger partial charge in [0.2, 0.25) is 0 Å². The van der Waals surface area contributed by atoms with Crippen molar-refractivity contribution in [2.45, 2.75) is 38.6 Å². The molecule has 1 unspecified atom stereocenters. The molecule has 1 aromatic rings. The number of unbranched alkanes of at least 4 members (excludes halogenated alkanes) is 2. The van der Waals surface area contributed by atoms with Crippen molar-refractivity contribution in [3.05, 3.63) is 51.8 Å². The second-order valence-electron chi connectivity index (χ2n) is 4.81. The van der Waals surface area contributed by atoms with Crippen LogP contribution in [-0.2, 0) is 0 Å². The highest BCUT2D eigenvalue weighted by Crippen LogP contribution is 2.23. The molecule has 0 saturated carbocycles. The van der Waals surface area contributed by atoms with Gasteiger partial charge >= 0.3 is 0 Å². The Hall–Kier alpha value is -1.41. The van der Waals surface area contributed by atoms with E-state index in [4.69, 9.17) is 11.6 Å². The van der Waals surface area contributed by atoms with Gasteiger partial charge in [0.1, 0.15) is 0 Å². The quantitative estimate of drug-likeness (QED) is 0.512. The Morgan fingerprint density at radius 1 is 1.32 bits per heavy atom. The van der Waals surface area contributed by atoms with E-state index in [2.05, 4.69) is 47.9 Å². The predicted molar refractivity (Wildman–Crippen MR) is 83.0 cm³/mol. The molecule has 1 aromatic carbocycles. The van der Waals surface area contributed by atoms with Crippen molar-refractivity contribution in [3.63, 3.8) is 0 Å². The number of hydrogen-bond acceptors (Lipinski definition) is 1. The zero-order chi connectivity index (χ0) is 13.7. The number of halogens is 1. The first-order chi connectivity index (χ1) is 9.20. The van der Waals surface area contributed by atoms with Gasteiger partial charge in [0, 0.05) is 0 Å². The standard InChI is InChI=1S/C16H20ClN2/c1-3-4-5-6-13-7-9-14(10-8-13)16-18-11-12(2)15(17)19-16/h6-11,15,18H,3-5H2,1-2H3/q-1. The molecule has 0 aromatic heterocycles. The summed E-state index contributed by atoms with van der Waals surface area (Å²) >= 11 is 6.13. The van der Waals surface area contributed by atoms with E-state index in [1.807, 2.05) is 13.1 Å². The monoisotopic (exact) mass is 275 g/mol. The van der Waals surface area contributed by atoms with Gasteiger partial charge < -0.3 is 10.6 Å². The van der Waals surface area contributed by atoms with Crippen LogP contribution in [0.5, 0.6) is 0 Å². The van der Waals surface area contributed by atoms with E-state index in [0.717, 1.165) is 23.0 Å². The number of benzene rings is 1. The fourth-order valence-corrected chi connectivity index (χ4v) is 2.07. The number of nitrogens with one attached hydrogen (secondary N) is 1. The zero-order valence-electron chi connectivity index (χ0n) is 11.5. The normalized spacial score (nSPS) is 18.4. The lowest BCUT2D eigenvalue weighted by atomic mass is 10.2. The Balaban J connectivity index is 2.21. The van der Waals surface area contributed by atoms with Gasteiger partial charge in [-0.05, 0) is 23.8 Å². The summed E-state index contributed by atoms with van der Waals surface area (Å²) in [6, 6.07) is 8.43. The molecule has 1 aliphatic rings. The van der Waals surface area contributed by atoms with E-state index < -0.39 is 0 Å². The van der Waals surface area contributed by atoms with Crippen LogP contribution in [-0.4, -0.2) is 5.50 Å². The smallest absolute Gasteiger partial charge is 0.0598 e. The molecule has 1 heterocycles. The third kappa shape index (κ3) is 3.77. The summed E-state index contributed by atoms with van der Waals surface area (Å²) < 4.78 is 0. The highest BCUT2D eigenvalue weighted by molar-refractivity contribution is 6.24. The molecular formula is C16H20ClN2-. The average molecular weight is 276 g/mol. The molecule has 0 amide bonds. The summed E-state index contributed by atoms with van der Waals surface area (Å²) in [4.78, 5) is 0. The van der Waals surface area contributed by atoms with E-state index in [1.54, 1.807) is 0 Å². The first-order valence-corrected chi connectivity index (χ1v) is 7.23. The molecule has 19 heavy (non-hydrogen) atoms. The van der Waals surface area contributed by atoms with Crippen LogP contribution >= 0.6 is 11.6 Å². The molecule has 0 spiro atoms. The highest BCUT2D eigenvalue weighted by atomic mass is 35.5. The van der Waals surface area contributed by atoms with Crippen LogP contribution in [0.4, 0.5) is 0 Å². The van der Waals surface area contributed by atoms with Crippen LogP contribution < -0.4 is 15.8 Å². The Morgan fingerprint density at radius 3 is 2.68 bits per heavy atom. The minimum absolute atomic E-state index is 0.257. The summed E-state index contributed by atoms with van der Waals surface area (Å²) in [5.41, 5.74) is 0.780. The molecule has 0 saturated heterocycles. The van der Waals surface area contributed by atoms with Crippen LogP contribution in [0.1, 0.15) is 33.1 Å². The summed E-state index contributed by atoms with van der Waals surface area (Å²) in [7, 11) is 0. The van der Waals surface area contributed by atoms with Crippen LogP contribution in [0, 0.1) is 0 Å². The zero-order valence-corrected chi connectivity index (χ0v) is 12.2. The van der Waals surface area contributed by atoms with Gasteiger partial charge in [0.05, 0.1) is 5.50 Å². The maximum Gasteiger partial charge on any atom is 0.0598 e. The lowest BCUT2D eigenvalue weighted by Gasteiger charge is -2.31. The SMILES string of the molecule is CCCCC=c1ccc(=C2[N-]C(Cl)C(C)=CN2)cc1. The fraction of sp³-hybridized carbons (Fsp3) is 0.375. The number of rotatable bonds is 3. The first-order valence-electron chi connectivity index (χ1n) is 6.79. The fourth-order valence-electron chi connectivity index (χ4n) is 1.91. The summed E-state index contributed by atoms with van der Waals surface area (Å²) in [6.45, 7) is 4.18. The topological polar surface area (TPSA) is 26.1 Å². The third-order valence-electron chi connectivity index (χ3n) is 3.18. The molecule has 102 valence electrons. The van der Waals surface area contributed by atoms with Gasteiger partial charge in [0.15, 0.2) is 0 Å². The molecule has 1 aliphatic heterocycles. The summed E-state index contributed by atoms with van der Waals surface area (Å²) in [5.74, 6) is 0.839. The molecule has 3 heteroatoms. The lowest BCUT2D eigenvalue weighted by molar-refractivity contribution is 0.833. The Bertz CT molecular complexity index is 551. The van der Waals surface area contributed by atoms with E-state index >= 15 is 0 Å². The van der Waals surface area contributed by atoms with Crippen molar-refractivity contribution < 1.29 is 0 Å². The molecule has 2 nitrogen and oxygen atoms in total. The minimum atomic E-state index is -0.257. The largest absolute Gasteiger partial charge is 0.462 e. The Kier molecular flexibility index (Phi) is 4.92. The summed E-state index contributed by atoms with van der Waals surface area (Å²) in [5, 5.41) is 9.95. The molecule has 1 N–H and O–H groups in total. The number of hydrogen-bond donors (Lipinski definition) is 1. The van der Waals surface area contributed by atoms with E-state index in [0.29, 0.717) is 0 Å². The van der Waals surface area contributed by atoms with Gasteiger partial charge in [-0.15, -0.1) is 11.6 Å². The van der Waals surface area contributed by atoms with Crippen molar-refractivity contribution >= 4 is 23.5 Å². The Morgan fingerprint density at radius 2 is 2.05 bits per heavy atom. The molecule has 0 radical (unpaired) electrons. The number of alkyl halides is 1. The van der Waals surface area contributed by atoms with Crippen molar-refractivity contribution in [2.24, 2.45) is 0 Å². The first kappa shape index (κ1) is 14.0. The summed E-state index contributed by atoms with van der Waals surface area (Å²) in [6.07, 6.45) is 7.81. The lowest BCUT2D eigenvalue weighted by Crippen LogP contribution is -2.23. The molecule has 1 atom stereocenters. The van der Waals surface area contributed by atoms with Crippen molar-refractivity contribution in [1.82, 2.24) is 5.32 Å². The minimum Gasteiger partial charge on any atom is -0.462 e. The average Bonchev–Trinajstić information content (AvgIpc) is 2.43. The van der Waals surface area contributed by atoms with Gasteiger partial charge in [-0.3, -0.25) is 0 Å². The van der Waals surface area contributed by atoms with Crippen molar-refractivity contribution in [1.29, 1.82) is 0 Å². The van der Waals surface area contributed by atoms with Crippen LogP contribution in [0.15, 0.2) is 36.0 Å². The second kappa shape index (κ2) is 6.67. The molecule has 0 aliphatic carbocycles. The van der Waals surface area contributed by atoms with Gasteiger partial charge in [-0.1, -0.05) is 67.7 Å². The maximum absolute atomic E-state index is 6.13. The highest BCUT2D eigenvalue weighted by Gasteiger charge is 2.05. The second-order valence-corrected chi connectivity index (χ2v) is 5.23. The van der Waals surface area contributed by atoms with E-state index in [1.165, 1.54) is 18.1 Å². The van der Waals surface area contributed by atoms with Crippen LogP contribution in [0.3, 0.4) is 0 Å². The maximum atomic E-state index is 6.13. The molecule has 0 fully saturated rings. The van der Waals surface area contributed by atoms with E-state index in [9.17, 15) is 0 Å². The molecular weight excluding hydrogens is 256 g/mol. The van der Waals surface area contributed by atoms with Gasteiger partial charge in [-0.25, -0.2) is 0 Å². The molecule has 0 bridgehead atoms. The van der Waals surface area contributed by atoms with Crippen LogP contribution in [0.25, 0.3) is 17.2 Å². The third-order valence-corrected chi connectivity index (χ3v) is 3.62. The predicted octanol–water partition coefficient (Wildman–Crippen LogP) is 3.17. The van der Waals surface area contributed by atoms with Gasteiger partial charge in [0.25, 0.3) is 0 Å². The van der Waals surface area contributed by atoms with Gasteiger partial charge in [-0.2, -0.15) is 0 Å². The van der Waals surface area contributed by atoms with Crippen molar-refractivity contribution in [3.8, 4) is 0 Å².